The highest BCUT2D eigenvalue weighted by Gasteiger charge is 2.18. The van der Waals surface area contributed by atoms with E-state index in [4.69, 9.17) is 9.84 Å². The Labute approximate surface area is 117 Å². The van der Waals surface area contributed by atoms with Crippen molar-refractivity contribution in [2.75, 3.05) is 33.3 Å². The second kappa shape index (κ2) is 6.53. The summed E-state index contributed by atoms with van der Waals surface area (Å²) in [5, 5.41) is 11.7. The number of hydrogen-bond donors (Lipinski definition) is 2. The lowest BCUT2D eigenvalue weighted by atomic mass is 10.3. The third kappa shape index (κ3) is 3.82. The Bertz CT molecular complexity index is 486. The van der Waals surface area contributed by atoms with E-state index in [0.29, 0.717) is 13.2 Å². The van der Waals surface area contributed by atoms with Crippen molar-refractivity contribution in [3.8, 4) is 0 Å². The van der Waals surface area contributed by atoms with Gasteiger partial charge in [-0.05, 0) is 19.2 Å². The summed E-state index contributed by atoms with van der Waals surface area (Å²) >= 11 is 0. The molecule has 20 heavy (non-hydrogen) atoms. The van der Waals surface area contributed by atoms with E-state index in [-0.39, 0.29) is 24.2 Å². The van der Waals surface area contributed by atoms with Crippen molar-refractivity contribution in [3.63, 3.8) is 0 Å². The second-order valence-electron chi connectivity index (χ2n) is 4.89. The molecule has 0 spiro atoms. The highest BCUT2D eigenvalue weighted by atomic mass is 16.5. The minimum absolute atomic E-state index is 0.00279. The van der Waals surface area contributed by atoms with E-state index in [2.05, 4.69) is 10.2 Å². The predicted molar refractivity (Wildman–Crippen MR) is 71.6 cm³/mol. The van der Waals surface area contributed by atoms with Crippen LogP contribution in [0, 0.1) is 0 Å². The lowest BCUT2D eigenvalue weighted by molar-refractivity contribution is -0.122. The Kier molecular flexibility index (Phi) is 4.75. The van der Waals surface area contributed by atoms with Gasteiger partial charge in [-0.15, -0.1) is 0 Å². The van der Waals surface area contributed by atoms with Crippen molar-refractivity contribution in [1.82, 2.24) is 14.8 Å². The van der Waals surface area contributed by atoms with Gasteiger partial charge in [-0.25, -0.2) is 4.79 Å². The topological polar surface area (TPSA) is 83.8 Å². The van der Waals surface area contributed by atoms with Crippen molar-refractivity contribution in [2.45, 2.75) is 12.6 Å². The van der Waals surface area contributed by atoms with Crippen LogP contribution in [-0.2, 0) is 16.1 Å². The molecule has 0 aromatic carbocycles. The number of nitrogens with one attached hydrogen (secondary N) is 1. The van der Waals surface area contributed by atoms with Crippen molar-refractivity contribution in [1.29, 1.82) is 0 Å². The van der Waals surface area contributed by atoms with E-state index < -0.39 is 5.97 Å². The molecule has 2 heterocycles. The number of nitrogens with zero attached hydrogens (tertiary/aromatic N) is 2. The maximum Gasteiger partial charge on any atom is 0.352 e. The fourth-order valence-corrected chi connectivity index (χ4v) is 2.17. The molecule has 1 saturated heterocycles. The lowest BCUT2D eigenvalue weighted by Crippen LogP contribution is -2.46. The zero-order chi connectivity index (χ0) is 14.5. The van der Waals surface area contributed by atoms with Gasteiger partial charge in [0, 0.05) is 25.8 Å². The largest absolute Gasteiger partial charge is 0.477 e. The molecule has 0 aliphatic carbocycles. The highest BCUT2D eigenvalue weighted by molar-refractivity contribution is 5.86. The molecule has 2 N–H and O–H groups in total. The molecular formula is C13H19N3O4. The van der Waals surface area contributed by atoms with E-state index in [1.165, 1.54) is 10.6 Å². The quantitative estimate of drug-likeness (QED) is 0.769. The summed E-state index contributed by atoms with van der Waals surface area (Å²) in [4.78, 5) is 24.9. The van der Waals surface area contributed by atoms with Crippen LogP contribution in [0.15, 0.2) is 18.3 Å². The first kappa shape index (κ1) is 14.5. The van der Waals surface area contributed by atoms with Gasteiger partial charge in [0.15, 0.2) is 0 Å². The molecular weight excluding hydrogens is 262 g/mol. The number of carboxylic acids is 1. The monoisotopic (exact) mass is 281 g/mol. The molecule has 0 bridgehead atoms. The summed E-state index contributed by atoms with van der Waals surface area (Å²) in [7, 11) is 2.01. The minimum atomic E-state index is -1.04. The fourth-order valence-electron chi connectivity index (χ4n) is 2.17. The number of rotatable bonds is 5. The molecule has 1 fully saturated rings. The van der Waals surface area contributed by atoms with Crippen LogP contribution in [0.25, 0.3) is 0 Å². The van der Waals surface area contributed by atoms with E-state index in [9.17, 15) is 9.59 Å². The van der Waals surface area contributed by atoms with Crippen LogP contribution in [0.2, 0.25) is 0 Å². The van der Waals surface area contributed by atoms with Gasteiger partial charge in [-0.1, -0.05) is 0 Å². The molecule has 0 radical (unpaired) electrons. The SMILES string of the molecule is CN1CCOC(CNC(=O)Cn2cccc2C(=O)O)C1. The number of likely N-dealkylation sites (N-methyl/N-ethyl adjacent to an activating group) is 1. The van der Waals surface area contributed by atoms with Crippen LogP contribution in [0.5, 0.6) is 0 Å². The first-order valence-corrected chi connectivity index (χ1v) is 6.51. The third-order valence-corrected chi connectivity index (χ3v) is 3.23. The van der Waals surface area contributed by atoms with Crippen molar-refractivity contribution >= 4 is 11.9 Å². The molecule has 7 nitrogen and oxygen atoms in total. The molecule has 1 aliphatic heterocycles. The number of carbonyl (C=O) groups is 2. The van der Waals surface area contributed by atoms with Gasteiger partial charge in [0.1, 0.15) is 12.2 Å². The summed E-state index contributed by atoms with van der Waals surface area (Å²) < 4.78 is 6.95. The molecule has 7 heteroatoms. The van der Waals surface area contributed by atoms with Gasteiger partial charge in [-0.2, -0.15) is 0 Å². The highest BCUT2D eigenvalue weighted by Crippen LogP contribution is 2.03. The number of carbonyl (C=O) groups excluding carboxylic acids is 1. The number of amides is 1. The van der Waals surface area contributed by atoms with E-state index in [0.717, 1.165) is 13.1 Å². The third-order valence-electron chi connectivity index (χ3n) is 3.23. The summed E-state index contributed by atoms with van der Waals surface area (Å²) in [5.41, 5.74) is 0.105. The van der Waals surface area contributed by atoms with Crippen LogP contribution in [0.3, 0.4) is 0 Å². The van der Waals surface area contributed by atoms with Crippen LogP contribution < -0.4 is 5.32 Å². The van der Waals surface area contributed by atoms with Crippen molar-refractivity contribution in [3.05, 3.63) is 24.0 Å². The molecule has 1 aromatic rings. The molecule has 0 saturated carbocycles. The molecule has 1 aliphatic rings. The predicted octanol–water partition coefficient (Wildman–Crippen LogP) is -0.367. The summed E-state index contributed by atoms with van der Waals surface area (Å²) in [6.45, 7) is 2.78. The number of carboxylic acid groups (broad SMARTS) is 1. The number of morpholine rings is 1. The van der Waals surface area contributed by atoms with E-state index >= 15 is 0 Å². The molecule has 1 aromatic heterocycles. The first-order valence-electron chi connectivity index (χ1n) is 6.51. The lowest BCUT2D eigenvalue weighted by Gasteiger charge is -2.30. The average molecular weight is 281 g/mol. The van der Waals surface area contributed by atoms with Crippen LogP contribution in [0.1, 0.15) is 10.5 Å². The van der Waals surface area contributed by atoms with Gasteiger partial charge in [0.25, 0.3) is 0 Å². The number of aromatic carboxylic acids is 1. The van der Waals surface area contributed by atoms with Gasteiger partial charge >= 0.3 is 5.97 Å². The van der Waals surface area contributed by atoms with Gasteiger partial charge in [0.05, 0.1) is 12.7 Å². The second-order valence-corrected chi connectivity index (χ2v) is 4.89. The number of ether oxygens (including phenoxy) is 1. The zero-order valence-corrected chi connectivity index (χ0v) is 11.4. The van der Waals surface area contributed by atoms with Crippen LogP contribution in [0.4, 0.5) is 0 Å². The summed E-state index contributed by atoms with van der Waals surface area (Å²) in [5.74, 6) is -1.26. The maximum atomic E-state index is 11.8. The Hall–Kier alpha value is -1.86. The van der Waals surface area contributed by atoms with Gasteiger partial charge < -0.3 is 24.6 Å². The fraction of sp³-hybridized carbons (Fsp3) is 0.538. The smallest absolute Gasteiger partial charge is 0.352 e. The maximum absolute atomic E-state index is 11.8. The molecule has 1 atom stereocenters. The average Bonchev–Trinajstić information content (AvgIpc) is 2.85. The Morgan fingerprint density at radius 2 is 2.35 bits per heavy atom. The standard InChI is InChI=1S/C13H19N3O4/c1-15-5-6-20-10(8-15)7-14-12(17)9-16-4-2-3-11(16)13(18)19/h2-4,10H,5-9H2,1H3,(H,14,17)(H,18,19). The Morgan fingerprint density at radius 3 is 3.05 bits per heavy atom. The first-order chi connectivity index (χ1) is 9.56. The van der Waals surface area contributed by atoms with Gasteiger partial charge in [0.2, 0.25) is 5.91 Å². The number of hydrogen-bond acceptors (Lipinski definition) is 4. The Balaban J connectivity index is 1.80. The normalized spacial score (nSPS) is 19.8. The molecule has 1 amide bonds. The summed E-state index contributed by atoms with van der Waals surface area (Å²) in [6, 6.07) is 3.07. The Morgan fingerprint density at radius 1 is 1.55 bits per heavy atom. The van der Waals surface area contributed by atoms with Crippen LogP contribution in [-0.4, -0.2) is 65.8 Å². The molecule has 2 rings (SSSR count). The van der Waals surface area contributed by atoms with Crippen molar-refractivity contribution in [2.24, 2.45) is 0 Å². The minimum Gasteiger partial charge on any atom is -0.477 e. The molecule has 110 valence electrons. The summed E-state index contributed by atoms with van der Waals surface area (Å²) in [6.07, 6.45) is 1.56. The van der Waals surface area contributed by atoms with Crippen LogP contribution >= 0.6 is 0 Å². The van der Waals surface area contributed by atoms with Gasteiger partial charge in [-0.3, -0.25) is 4.79 Å². The zero-order valence-electron chi connectivity index (χ0n) is 11.4. The van der Waals surface area contributed by atoms with E-state index in [1.807, 2.05) is 7.05 Å². The van der Waals surface area contributed by atoms with Crippen molar-refractivity contribution < 1.29 is 19.4 Å². The number of aromatic nitrogens is 1. The van der Waals surface area contributed by atoms with E-state index in [1.54, 1.807) is 12.3 Å². The molecule has 1 unspecified atom stereocenters.